The van der Waals surface area contributed by atoms with E-state index in [9.17, 15) is 9.59 Å². The lowest BCUT2D eigenvalue weighted by molar-refractivity contribution is -0.137. The fraction of sp³-hybridized carbons (Fsp3) is 0.231. The number of carbonyl (C=O) groups is 2. The van der Waals surface area contributed by atoms with Gasteiger partial charge in [-0.25, -0.2) is 0 Å². The van der Waals surface area contributed by atoms with Gasteiger partial charge in [-0.3, -0.25) is 9.59 Å². The van der Waals surface area contributed by atoms with Crippen LogP contribution in [-0.2, 0) is 11.3 Å². The van der Waals surface area contributed by atoms with Gasteiger partial charge in [-0.15, -0.1) is 0 Å². The highest BCUT2D eigenvalue weighted by molar-refractivity contribution is 5.94. The number of allylic oxidation sites excluding steroid dienone is 1. The van der Waals surface area contributed by atoms with E-state index in [2.05, 4.69) is 6.08 Å². The lowest BCUT2D eigenvalue weighted by Gasteiger charge is -2.19. The molecule has 0 saturated heterocycles. The van der Waals surface area contributed by atoms with Gasteiger partial charge in [0.05, 0.1) is 6.26 Å². The predicted molar refractivity (Wildman–Crippen MR) is 122 cm³/mol. The summed E-state index contributed by atoms with van der Waals surface area (Å²) in [5.74, 6) is -0.0212. The van der Waals surface area contributed by atoms with Crippen LogP contribution >= 0.6 is 0 Å². The molecular weight excluding hydrogens is 390 g/mol. The Bertz CT molecular complexity index is 1020. The molecule has 1 N–H and O–H groups in total. The Labute approximate surface area is 182 Å². The van der Waals surface area contributed by atoms with E-state index in [0.717, 1.165) is 35.3 Å². The van der Waals surface area contributed by atoms with Gasteiger partial charge < -0.3 is 14.4 Å². The topological polar surface area (TPSA) is 70.8 Å². The molecule has 0 saturated carbocycles. The van der Waals surface area contributed by atoms with Crippen molar-refractivity contribution in [2.24, 2.45) is 0 Å². The minimum Gasteiger partial charge on any atom is -0.481 e. The normalized spacial score (nSPS) is 11.0. The summed E-state index contributed by atoms with van der Waals surface area (Å²) in [6.07, 6.45) is 8.30. The van der Waals surface area contributed by atoms with Crippen molar-refractivity contribution in [1.29, 1.82) is 0 Å². The molecule has 0 aliphatic rings. The number of hydrogen-bond acceptors (Lipinski definition) is 3. The number of aliphatic carboxylic acids is 1. The van der Waals surface area contributed by atoms with Gasteiger partial charge in [0.1, 0.15) is 5.76 Å². The molecule has 0 spiro atoms. The monoisotopic (exact) mass is 417 g/mol. The van der Waals surface area contributed by atoms with Gasteiger partial charge >= 0.3 is 5.97 Å². The van der Waals surface area contributed by atoms with Gasteiger partial charge in [0.25, 0.3) is 5.91 Å². The molecule has 31 heavy (non-hydrogen) atoms. The van der Waals surface area contributed by atoms with Gasteiger partial charge in [0.2, 0.25) is 0 Å². The van der Waals surface area contributed by atoms with Crippen LogP contribution in [0.1, 0.15) is 47.2 Å². The van der Waals surface area contributed by atoms with E-state index in [1.807, 2.05) is 66.7 Å². The van der Waals surface area contributed by atoms with Crippen molar-refractivity contribution in [2.45, 2.75) is 32.2 Å². The first-order chi connectivity index (χ1) is 15.0. The van der Waals surface area contributed by atoms with Gasteiger partial charge in [-0.2, -0.15) is 0 Å². The fourth-order valence-electron chi connectivity index (χ4n) is 3.36. The van der Waals surface area contributed by atoms with E-state index in [1.165, 1.54) is 0 Å². The quantitative estimate of drug-likeness (QED) is 0.418. The van der Waals surface area contributed by atoms with E-state index in [-0.39, 0.29) is 12.3 Å². The summed E-state index contributed by atoms with van der Waals surface area (Å²) in [4.78, 5) is 25.2. The van der Waals surface area contributed by atoms with E-state index < -0.39 is 5.97 Å². The Hall–Kier alpha value is -3.60. The van der Waals surface area contributed by atoms with E-state index in [1.54, 1.807) is 18.2 Å². The molecule has 2 aromatic carbocycles. The molecule has 0 aliphatic heterocycles. The first-order valence-corrected chi connectivity index (χ1v) is 10.4. The summed E-state index contributed by atoms with van der Waals surface area (Å²) in [6, 6.07) is 19.1. The third kappa shape index (κ3) is 6.44. The number of unbranched alkanes of at least 4 members (excludes halogenated alkanes) is 2. The highest BCUT2D eigenvalue weighted by Crippen LogP contribution is 2.21. The van der Waals surface area contributed by atoms with Crippen LogP contribution in [0.2, 0.25) is 0 Å². The number of amides is 1. The SMILES string of the molecule is CN(Cc1ccccc1C=CCCCCC(=O)O)C(=O)c1ccc(-c2ccco2)cc1. The van der Waals surface area contributed by atoms with Crippen LogP contribution in [-0.4, -0.2) is 28.9 Å². The number of carbonyl (C=O) groups excluding carboxylic acids is 1. The van der Waals surface area contributed by atoms with Crippen molar-refractivity contribution in [3.05, 3.63) is 89.7 Å². The number of carboxylic acids is 1. The zero-order valence-electron chi connectivity index (χ0n) is 17.7. The molecule has 160 valence electrons. The number of furan rings is 1. The molecule has 3 aromatic rings. The first-order valence-electron chi connectivity index (χ1n) is 10.4. The third-order valence-corrected chi connectivity index (χ3v) is 5.06. The van der Waals surface area contributed by atoms with Crippen molar-refractivity contribution in [3.63, 3.8) is 0 Å². The van der Waals surface area contributed by atoms with Crippen molar-refractivity contribution < 1.29 is 19.1 Å². The second kappa shape index (κ2) is 11.0. The Morgan fingerprint density at radius 3 is 2.48 bits per heavy atom. The maximum absolute atomic E-state index is 12.9. The maximum Gasteiger partial charge on any atom is 0.303 e. The number of rotatable bonds is 10. The molecule has 0 fully saturated rings. The number of nitrogens with zero attached hydrogens (tertiary/aromatic N) is 1. The summed E-state index contributed by atoms with van der Waals surface area (Å²) < 4.78 is 5.40. The molecular formula is C26H27NO4. The average Bonchev–Trinajstić information content (AvgIpc) is 3.31. The molecule has 5 heteroatoms. The summed E-state index contributed by atoms with van der Waals surface area (Å²) in [5, 5.41) is 8.70. The molecule has 0 atom stereocenters. The van der Waals surface area contributed by atoms with E-state index in [0.29, 0.717) is 18.5 Å². The Balaban J connectivity index is 1.60. The summed E-state index contributed by atoms with van der Waals surface area (Å²) in [7, 11) is 1.80. The van der Waals surface area contributed by atoms with Crippen LogP contribution in [0, 0.1) is 0 Å². The number of hydrogen-bond donors (Lipinski definition) is 1. The van der Waals surface area contributed by atoms with Crippen LogP contribution in [0.4, 0.5) is 0 Å². The highest BCUT2D eigenvalue weighted by Gasteiger charge is 2.13. The smallest absolute Gasteiger partial charge is 0.303 e. The third-order valence-electron chi connectivity index (χ3n) is 5.06. The van der Waals surface area contributed by atoms with Gasteiger partial charge in [-0.1, -0.05) is 48.6 Å². The van der Waals surface area contributed by atoms with Crippen LogP contribution in [0.25, 0.3) is 17.4 Å². The van der Waals surface area contributed by atoms with Gasteiger partial charge in [0, 0.05) is 31.1 Å². The molecule has 0 aliphatic carbocycles. The second-order valence-electron chi connectivity index (χ2n) is 7.46. The van der Waals surface area contributed by atoms with Crippen molar-refractivity contribution in [3.8, 4) is 11.3 Å². The van der Waals surface area contributed by atoms with E-state index >= 15 is 0 Å². The Morgan fingerprint density at radius 1 is 1.00 bits per heavy atom. The minimum atomic E-state index is -0.752. The molecule has 1 amide bonds. The summed E-state index contributed by atoms with van der Waals surface area (Å²) >= 11 is 0. The Kier molecular flexibility index (Phi) is 7.82. The predicted octanol–water partition coefficient (Wildman–Crippen LogP) is 5.88. The average molecular weight is 418 g/mol. The summed E-state index contributed by atoms with van der Waals surface area (Å²) in [6.45, 7) is 0.498. The molecule has 0 bridgehead atoms. The zero-order chi connectivity index (χ0) is 22.1. The largest absolute Gasteiger partial charge is 0.481 e. The molecule has 1 aromatic heterocycles. The number of benzene rings is 2. The van der Waals surface area contributed by atoms with Crippen LogP contribution in [0.3, 0.4) is 0 Å². The molecule has 0 radical (unpaired) electrons. The van der Waals surface area contributed by atoms with Crippen molar-refractivity contribution in [1.82, 2.24) is 4.90 Å². The van der Waals surface area contributed by atoms with Crippen molar-refractivity contribution >= 4 is 18.0 Å². The molecule has 0 unspecified atom stereocenters. The molecule has 1 heterocycles. The van der Waals surface area contributed by atoms with Crippen LogP contribution < -0.4 is 0 Å². The molecule has 5 nitrogen and oxygen atoms in total. The first kappa shape index (κ1) is 22.1. The Morgan fingerprint density at radius 2 is 1.77 bits per heavy atom. The number of carboxylic acid groups (broad SMARTS) is 1. The van der Waals surface area contributed by atoms with Gasteiger partial charge in [-0.05, 0) is 54.7 Å². The lowest BCUT2D eigenvalue weighted by atomic mass is 10.0. The standard InChI is InChI=1S/C26H27NO4/c1-27(26(30)22-16-14-21(15-17-22)24-12-8-18-31-24)19-23-11-7-6-10-20(23)9-4-2-3-5-13-25(28)29/h4,6-12,14-18H,2-3,5,13,19H2,1H3,(H,28,29). The van der Waals surface area contributed by atoms with E-state index in [4.69, 9.17) is 9.52 Å². The minimum absolute atomic E-state index is 0.0431. The fourth-order valence-corrected chi connectivity index (χ4v) is 3.36. The maximum atomic E-state index is 12.9. The zero-order valence-corrected chi connectivity index (χ0v) is 17.7. The highest BCUT2D eigenvalue weighted by atomic mass is 16.4. The molecule has 3 rings (SSSR count). The summed E-state index contributed by atoms with van der Waals surface area (Å²) in [5.41, 5.74) is 3.69. The van der Waals surface area contributed by atoms with Crippen LogP contribution in [0.5, 0.6) is 0 Å². The van der Waals surface area contributed by atoms with Crippen LogP contribution in [0.15, 0.2) is 77.4 Å². The van der Waals surface area contributed by atoms with Gasteiger partial charge in [0.15, 0.2) is 0 Å². The second-order valence-corrected chi connectivity index (χ2v) is 7.46. The van der Waals surface area contributed by atoms with Crippen molar-refractivity contribution in [2.75, 3.05) is 7.05 Å². The lowest BCUT2D eigenvalue weighted by Crippen LogP contribution is -2.26.